The predicted molar refractivity (Wildman–Crippen MR) is 117 cm³/mol. The fraction of sp³-hybridized carbons (Fsp3) is 0.136. The topological polar surface area (TPSA) is 84.5 Å². The smallest absolute Gasteiger partial charge is 0.245 e. The van der Waals surface area contributed by atoms with Gasteiger partial charge in [-0.1, -0.05) is 41.9 Å². The van der Waals surface area contributed by atoms with Crippen LogP contribution in [0.15, 0.2) is 77.7 Å². The number of sulfonamides is 1. The first-order valence-corrected chi connectivity index (χ1v) is 11.1. The van der Waals surface area contributed by atoms with Gasteiger partial charge in [0.1, 0.15) is 22.5 Å². The molecule has 0 aliphatic carbocycles. The number of methoxy groups -OCH3 is 1. The molecule has 1 amide bonds. The number of hydrogen-bond donors (Lipinski definition) is 2. The van der Waals surface area contributed by atoms with Crippen molar-refractivity contribution in [3.8, 4) is 5.75 Å². The Balaban J connectivity index is 1.91. The highest BCUT2D eigenvalue weighted by Crippen LogP contribution is 2.27. The molecule has 9 heteroatoms. The molecule has 1 atom stereocenters. The summed E-state index contributed by atoms with van der Waals surface area (Å²) in [6, 6.07) is 17.2. The number of nitrogens with one attached hydrogen (secondary N) is 2. The Kier molecular flexibility index (Phi) is 7.27. The quantitative estimate of drug-likeness (QED) is 0.529. The predicted octanol–water partition coefficient (Wildman–Crippen LogP) is 4.02. The summed E-state index contributed by atoms with van der Waals surface area (Å²) in [5.74, 6) is -0.957. The van der Waals surface area contributed by atoms with Crippen LogP contribution in [-0.2, 0) is 21.2 Å². The van der Waals surface area contributed by atoms with Crippen LogP contribution in [0.2, 0.25) is 5.02 Å². The lowest BCUT2D eigenvalue weighted by Gasteiger charge is -2.20. The molecular formula is C22H20ClFN2O4S. The van der Waals surface area contributed by atoms with Crippen LogP contribution in [0.1, 0.15) is 5.56 Å². The second-order valence-electron chi connectivity index (χ2n) is 6.65. The van der Waals surface area contributed by atoms with E-state index in [0.717, 1.165) is 5.56 Å². The molecule has 162 valence electrons. The van der Waals surface area contributed by atoms with Crippen molar-refractivity contribution in [2.45, 2.75) is 17.4 Å². The van der Waals surface area contributed by atoms with Crippen LogP contribution in [0.3, 0.4) is 0 Å². The lowest BCUT2D eigenvalue weighted by Crippen LogP contribution is -2.45. The van der Waals surface area contributed by atoms with Crippen LogP contribution in [-0.4, -0.2) is 27.5 Å². The lowest BCUT2D eigenvalue weighted by molar-refractivity contribution is -0.117. The molecular weight excluding hydrogens is 443 g/mol. The average Bonchev–Trinajstić information content (AvgIpc) is 2.75. The summed E-state index contributed by atoms with van der Waals surface area (Å²) in [6.45, 7) is 0. The Labute approximate surface area is 185 Å². The highest BCUT2D eigenvalue weighted by atomic mass is 35.5. The molecule has 0 saturated carbocycles. The van der Waals surface area contributed by atoms with Crippen LogP contribution in [0.25, 0.3) is 0 Å². The molecule has 2 N–H and O–H groups in total. The number of hydrogen-bond acceptors (Lipinski definition) is 4. The minimum absolute atomic E-state index is 0.0919. The number of ether oxygens (including phenoxy) is 1. The number of anilines is 1. The number of carbonyl (C=O) groups is 1. The number of rotatable bonds is 8. The minimum atomic E-state index is -4.17. The molecule has 0 radical (unpaired) electrons. The molecule has 0 spiro atoms. The maximum absolute atomic E-state index is 13.2. The molecule has 3 aromatic carbocycles. The van der Waals surface area contributed by atoms with Gasteiger partial charge in [0.15, 0.2) is 0 Å². The Morgan fingerprint density at radius 1 is 1.06 bits per heavy atom. The highest BCUT2D eigenvalue weighted by Gasteiger charge is 2.28. The first kappa shape index (κ1) is 22.7. The van der Waals surface area contributed by atoms with Crippen molar-refractivity contribution < 1.29 is 22.3 Å². The van der Waals surface area contributed by atoms with E-state index in [9.17, 15) is 17.6 Å². The monoisotopic (exact) mass is 462 g/mol. The zero-order valence-electron chi connectivity index (χ0n) is 16.5. The van der Waals surface area contributed by atoms with Crippen molar-refractivity contribution in [1.82, 2.24) is 4.72 Å². The van der Waals surface area contributed by atoms with E-state index >= 15 is 0 Å². The maximum Gasteiger partial charge on any atom is 0.245 e. The van der Waals surface area contributed by atoms with Gasteiger partial charge in [-0.15, -0.1) is 0 Å². The minimum Gasteiger partial charge on any atom is -0.495 e. The van der Waals surface area contributed by atoms with E-state index in [2.05, 4.69) is 10.0 Å². The van der Waals surface area contributed by atoms with Gasteiger partial charge in [0.25, 0.3) is 0 Å². The third-order valence-corrected chi connectivity index (χ3v) is 6.15. The molecule has 6 nitrogen and oxygen atoms in total. The van der Waals surface area contributed by atoms with Gasteiger partial charge >= 0.3 is 0 Å². The Morgan fingerprint density at radius 2 is 1.74 bits per heavy atom. The number of halogens is 2. The Hall–Kier alpha value is -2.94. The van der Waals surface area contributed by atoms with E-state index in [1.807, 2.05) is 6.07 Å². The maximum atomic E-state index is 13.2. The Bertz CT molecular complexity index is 1160. The first-order chi connectivity index (χ1) is 14.8. The van der Waals surface area contributed by atoms with Gasteiger partial charge in [0.05, 0.1) is 7.11 Å². The van der Waals surface area contributed by atoms with Gasteiger partial charge in [0.2, 0.25) is 15.9 Å². The standard InChI is InChI=1S/C22H20ClFN2O4S/c1-30-20-12-7-16(23)14-21(20)31(28,29)26-19(13-15-5-3-2-4-6-15)22(27)25-18-10-8-17(24)9-11-18/h2-12,14,19,26H,13H2,1H3,(H,25,27)/t19-/m0/s1. The fourth-order valence-electron chi connectivity index (χ4n) is 2.91. The zero-order chi connectivity index (χ0) is 22.4. The van der Waals surface area contributed by atoms with Crippen LogP contribution >= 0.6 is 11.6 Å². The summed E-state index contributed by atoms with van der Waals surface area (Å²) in [4.78, 5) is 12.8. The van der Waals surface area contributed by atoms with Crippen molar-refractivity contribution in [2.24, 2.45) is 0 Å². The van der Waals surface area contributed by atoms with Crippen molar-refractivity contribution >= 4 is 33.2 Å². The van der Waals surface area contributed by atoms with Crippen molar-refractivity contribution in [2.75, 3.05) is 12.4 Å². The SMILES string of the molecule is COc1ccc(Cl)cc1S(=O)(=O)N[C@@H](Cc1ccccc1)C(=O)Nc1ccc(F)cc1. The summed E-state index contributed by atoms with van der Waals surface area (Å²) < 4.78 is 46.9. The molecule has 0 aromatic heterocycles. The number of carbonyl (C=O) groups excluding carboxylic acids is 1. The largest absolute Gasteiger partial charge is 0.495 e. The molecule has 0 bridgehead atoms. The van der Waals surface area contributed by atoms with E-state index in [1.54, 1.807) is 24.3 Å². The summed E-state index contributed by atoms with van der Waals surface area (Å²) in [5, 5.41) is 2.82. The van der Waals surface area contributed by atoms with Crippen molar-refractivity contribution in [1.29, 1.82) is 0 Å². The van der Waals surface area contributed by atoms with Crippen molar-refractivity contribution in [3.05, 3.63) is 89.2 Å². The molecule has 0 aliphatic rings. The second-order valence-corrected chi connectivity index (χ2v) is 8.77. The normalized spacial score (nSPS) is 12.2. The van der Waals surface area contributed by atoms with Gasteiger partial charge in [-0.25, -0.2) is 12.8 Å². The number of benzene rings is 3. The van der Waals surface area contributed by atoms with Gasteiger partial charge in [-0.05, 0) is 54.4 Å². The van der Waals surface area contributed by atoms with Gasteiger partial charge < -0.3 is 10.1 Å². The highest BCUT2D eigenvalue weighted by molar-refractivity contribution is 7.89. The van der Waals surface area contributed by atoms with Crippen LogP contribution in [0.4, 0.5) is 10.1 Å². The summed E-state index contributed by atoms with van der Waals surface area (Å²) in [7, 11) is -2.83. The lowest BCUT2D eigenvalue weighted by atomic mass is 10.1. The zero-order valence-corrected chi connectivity index (χ0v) is 18.1. The van der Waals surface area contributed by atoms with Crippen molar-refractivity contribution in [3.63, 3.8) is 0 Å². The van der Waals surface area contributed by atoms with Gasteiger partial charge in [0, 0.05) is 10.7 Å². The molecule has 0 fully saturated rings. The first-order valence-electron chi connectivity index (χ1n) is 9.25. The molecule has 0 aliphatic heterocycles. The molecule has 0 heterocycles. The third-order valence-electron chi connectivity index (χ3n) is 4.42. The molecule has 3 rings (SSSR count). The van der Waals surface area contributed by atoms with Crippen LogP contribution in [0.5, 0.6) is 5.75 Å². The van der Waals surface area contributed by atoms with E-state index in [0.29, 0.717) is 5.69 Å². The summed E-state index contributed by atoms with van der Waals surface area (Å²) in [5.41, 5.74) is 1.09. The van der Waals surface area contributed by atoms with E-state index in [-0.39, 0.29) is 22.1 Å². The molecule has 31 heavy (non-hydrogen) atoms. The van der Waals surface area contributed by atoms with E-state index in [4.69, 9.17) is 16.3 Å². The van der Waals surface area contributed by atoms with E-state index in [1.165, 1.54) is 49.6 Å². The second kappa shape index (κ2) is 9.91. The summed E-state index contributed by atoms with van der Waals surface area (Å²) >= 11 is 5.97. The Morgan fingerprint density at radius 3 is 2.39 bits per heavy atom. The molecule has 0 unspecified atom stereocenters. The molecule has 0 saturated heterocycles. The van der Waals surface area contributed by atoms with Crippen LogP contribution in [0, 0.1) is 5.82 Å². The summed E-state index contributed by atoms with van der Waals surface area (Å²) in [6.07, 6.45) is 0.0932. The van der Waals surface area contributed by atoms with Gasteiger partial charge in [-0.2, -0.15) is 4.72 Å². The average molecular weight is 463 g/mol. The van der Waals surface area contributed by atoms with Crippen LogP contribution < -0.4 is 14.8 Å². The van der Waals surface area contributed by atoms with E-state index < -0.39 is 27.8 Å². The molecule has 3 aromatic rings. The van der Waals surface area contributed by atoms with Gasteiger partial charge in [-0.3, -0.25) is 4.79 Å². The fourth-order valence-corrected chi connectivity index (χ4v) is 4.54. The number of amides is 1. The third kappa shape index (κ3) is 6.04.